The third kappa shape index (κ3) is 1.19. The summed E-state index contributed by atoms with van der Waals surface area (Å²) in [6, 6.07) is 9.69. The first-order valence-electron chi connectivity index (χ1n) is 5.66. The van der Waals surface area contributed by atoms with Gasteiger partial charge in [0.2, 0.25) is 0 Å². The van der Waals surface area contributed by atoms with Gasteiger partial charge in [0, 0.05) is 12.6 Å². The van der Waals surface area contributed by atoms with Crippen LogP contribution in [0.1, 0.15) is 36.9 Å². The summed E-state index contributed by atoms with van der Waals surface area (Å²) < 4.78 is 0. The van der Waals surface area contributed by atoms with Gasteiger partial charge < -0.3 is 0 Å². The number of rotatable bonds is 0. The molecule has 0 amide bonds. The highest BCUT2D eigenvalue weighted by Gasteiger charge is 2.33. The summed E-state index contributed by atoms with van der Waals surface area (Å²) in [5, 5.41) is 0. The Labute approximate surface area is 85.7 Å². The molecule has 3 rings (SSSR count). The van der Waals surface area contributed by atoms with Crippen LogP contribution in [0.3, 0.4) is 0 Å². The molecule has 0 N–H and O–H groups in total. The Morgan fingerprint density at radius 1 is 1.29 bits per heavy atom. The van der Waals surface area contributed by atoms with Crippen molar-refractivity contribution in [3.63, 3.8) is 0 Å². The molecule has 0 unspecified atom stereocenters. The zero-order valence-electron chi connectivity index (χ0n) is 8.74. The number of benzene rings is 1. The summed E-state index contributed by atoms with van der Waals surface area (Å²) in [5.41, 5.74) is 3.16. The van der Waals surface area contributed by atoms with Gasteiger partial charge in [-0.25, -0.2) is 0 Å². The third-order valence-electron chi connectivity index (χ3n) is 3.76. The number of fused-ring (bicyclic) bond motifs is 3. The number of nitrogens with zero attached hydrogens (tertiary/aromatic N) is 1. The fourth-order valence-electron chi connectivity index (χ4n) is 2.93. The molecule has 1 fully saturated rings. The predicted octanol–water partition coefficient (Wildman–Crippen LogP) is 2.97. The van der Waals surface area contributed by atoms with E-state index in [4.69, 9.17) is 0 Å². The second-order valence-corrected chi connectivity index (χ2v) is 4.81. The number of piperidine rings is 1. The lowest BCUT2D eigenvalue weighted by Crippen LogP contribution is -2.30. The Kier molecular flexibility index (Phi) is 1.88. The molecule has 2 heterocycles. The van der Waals surface area contributed by atoms with E-state index >= 15 is 0 Å². The van der Waals surface area contributed by atoms with E-state index in [1.54, 1.807) is 11.1 Å². The van der Waals surface area contributed by atoms with Crippen molar-refractivity contribution in [3.8, 4) is 0 Å². The quantitative estimate of drug-likeness (QED) is 0.603. The molecule has 0 aliphatic carbocycles. The van der Waals surface area contributed by atoms with Crippen LogP contribution >= 0.6 is 0 Å². The summed E-state index contributed by atoms with van der Waals surface area (Å²) in [5.74, 6) is 0.905. The first-order chi connectivity index (χ1) is 6.84. The fraction of sp³-hybridized carbons (Fsp3) is 0.538. The molecule has 0 radical (unpaired) electrons. The number of hydrogen-bond donors (Lipinski definition) is 0. The molecule has 74 valence electrons. The molecule has 2 aliphatic rings. The van der Waals surface area contributed by atoms with Gasteiger partial charge in [-0.05, 0) is 36.4 Å². The van der Waals surface area contributed by atoms with Gasteiger partial charge >= 0.3 is 0 Å². The van der Waals surface area contributed by atoms with Gasteiger partial charge in [-0.15, -0.1) is 0 Å². The summed E-state index contributed by atoms with van der Waals surface area (Å²) in [4.78, 5) is 2.64. The zero-order valence-corrected chi connectivity index (χ0v) is 8.74. The van der Waals surface area contributed by atoms with Crippen LogP contribution in [0.25, 0.3) is 0 Å². The molecule has 0 bridgehead atoms. The largest absolute Gasteiger partial charge is 0.292 e. The maximum Gasteiger partial charge on any atom is 0.0357 e. The molecule has 1 heteroatoms. The van der Waals surface area contributed by atoms with E-state index in [0.29, 0.717) is 0 Å². The molecule has 1 saturated heterocycles. The van der Waals surface area contributed by atoms with E-state index in [0.717, 1.165) is 12.0 Å². The average Bonchev–Trinajstić information content (AvgIpc) is 2.56. The molecular formula is C13H17N. The van der Waals surface area contributed by atoms with Gasteiger partial charge in [0.25, 0.3) is 0 Å². The molecule has 1 aromatic carbocycles. The minimum atomic E-state index is 0.731. The SMILES string of the molecule is C[C@H]1CCN2Cc3ccccc3[C@@H]2C1. The highest BCUT2D eigenvalue weighted by molar-refractivity contribution is 5.34. The summed E-state index contributed by atoms with van der Waals surface area (Å²) in [7, 11) is 0. The fourth-order valence-corrected chi connectivity index (χ4v) is 2.93. The van der Waals surface area contributed by atoms with Crippen molar-refractivity contribution >= 4 is 0 Å². The van der Waals surface area contributed by atoms with Crippen molar-refractivity contribution in [2.45, 2.75) is 32.4 Å². The molecule has 1 aromatic rings. The third-order valence-corrected chi connectivity index (χ3v) is 3.76. The lowest BCUT2D eigenvalue weighted by atomic mass is 9.90. The highest BCUT2D eigenvalue weighted by Crippen LogP contribution is 2.41. The van der Waals surface area contributed by atoms with E-state index in [1.165, 1.54) is 25.9 Å². The minimum Gasteiger partial charge on any atom is -0.292 e. The van der Waals surface area contributed by atoms with Gasteiger partial charge in [0.05, 0.1) is 0 Å². The standard InChI is InChI=1S/C13H17N/c1-10-6-7-14-9-11-4-2-3-5-12(11)13(14)8-10/h2-5,10,13H,6-9H2,1H3/t10-,13-/m0/s1. The van der Waals surface area contributed by atoms with Crippen LogP contribution in [0.5, 0.6) is 0 Å². The van der Waals surface area contributed by atoms with Crippen molar-refractivity contribution in [2.24, 2.45) is 5.92 Å². The molecule has 0 saturated carbocycles. The van der Waals surface area contributed by atoms with E-state index in [2.05, 4.69) is 36.1 Å². The normalized spacial score (nSPS) is 31.2. The van der Waals surface area contributed by atoms with Crippen molar-refractivity contribution in [3.05, 3.63) is 35.4 Å². The maximum atomic E-state index is 2.64. The lowest BCUT2D eigenvalue weighted by molar-refractivity contribution is 0.131. The van der Waals surface area contributed by atoms with Crippen LogP contribution < -0.4 is 0 Å². The first kappa shape index (κ1) is 8.49. The Morgan fingerprint density at radius 3 is 3.07 bits per heavy atom. The van der Waals surface area contributed by atoms with Crippen LogP contribution in [0.4, 0.5) is 0 Å². The molecule has 14 heavy (non-hydrogen) atoms. The smallest absolute Gasteiger partial charge is 0.0357 e. The van der Waals surface area contributed by atoms with Crippen LogP contribution in [-0.4, -0.2) is 11.4 Å². The molecular weight excluding hydrogens is 170 g/mol. The van der Waals surface area contributed by atoms with Gasteiger partial charge in [0.15, 0.2) is 0 Å². The minimum absolute atomic E-state index is 0.731. The van der Waals surface area contributed by atoms with Crippen LogP contribution in [0.2, 0.25) is 0 Å². The Bertz CT molecular complexity index is 345. The molecule has 2 aliphatic heterocycles. The first-order valence-corrected chi connectivity index (χ1v) is 5.66. The molecule has 2 atom stereocenters. The Hall–Kier alpha value is -0.820. The molecule has 1 nitrogen and oxygen atoms in total. The monoisotopic (exact) mass is 187 g/mol. The van der Waals surface area contributed by atoms with Crippen LogP contribution in [-0.2, 0) is 6.54 Å². The maximum absolute atomic E-state index is 2.64. The second kappa shape index (κ2) is 3.09. The van der Waals surface area contributed by atoms with E-state index < -0.39 is 0 Å². The van der Waals surface area contributed by atoms with Crippen molar-refractivity contribution in [2.75, 3.05) is 6.54 Å². The van der Waals surface area contributed by atoms with Gasteiger partial charge in [-0.1, -0.05) is 31.2 Å². The summed E-state index contributed by atoms with van der Waals surface area (Å²) in [6.45, 7) is 4.87. The van der Waals surface area contributed by atoms with Gasteiger partial charge in [0.1, 0.15) is 0 Å². The Balaban J connectivity index is 1.97. The highest BCUT2D eigenvalue weighted by atomic mass is 15.2. The topological polar surface area (TPSA) is 3.24 Å². The molecule has 0 spiro atoms. The summed E-state index contributed by atoms with van der Waals surface area (Å²) in [6.07, 6.45) is 2.74. The van der Waals surface area contributed by atoms with E-state index in [1.807, 2.05) is 0 Å². The van der Waals surface area contributed by atoms with Crippen LogP contribution in [0, 0.1) is 5.92 Å². The van der Waals surface area contributed by atoms with E-state index in [9.17, 15) is 0 Å². The zero-order chi connectivity index (χ0) is 9.54. The predicted molar refractivity (Wildman–Crippen MR) is 58.0 cm³/mol. The van der Waals surface area contributed by atoms with Gasteiger partial charge in [-0.3, -0.25) is 4.90 Å². The lowest BCUT2D eigenvalue weighted by Gasteiger charge is -2.33. The van der Waals surface area contributed by atoms with Crippen LogP contribution in [0.15, 0.2) is 24.3 Å². The molecule has 0 aromatic heterocycles. The van der Waals surface area contributed by atoms with E-state index in [-0.39, 0.29) is 0 Å². The van der Waals surface area contributed by atoms with Crippen molar-refractivity contribution in [1.82, 2.24) is 4.90 Å². The van der Waals surface area contributed by atoms with Gasteiger partial charge in [-0.2, -0.15) is 0 Å². The summed E-state index contributed by atoms with van der Waals surface area (Å²) >= 11 is 0. The van der Waals surface area contributed by atoms with Crippen molar-refractivity contribution in [1.29, 1.82) is 0 Å². The van der Waals surface area contributed by atoms with Crippen molar-refractivity contribution < 1.29 is 0 Å². The Morgan fingerprint density at radius 2 is 2.14 bits per heavy atom. The number of hydrogen-bond acceptors (Lipinski definition) is 1. The second-order valence-electron chi connectivity index (χ2n) is 4.81. The average molecular weight is 187 g/mol.